The molecule has 0 fully saturated rings. The summed E-state index contributed by atoms with van der Waals surface area (Å²) in [5.74, 6) is 0.619. The summed E-state index contributed by atoms with van der Waals surface area (Å²) in [7, 11) is 5.59. The first-order chi connectivity index (χ1) is 10.5. The topological polar surface area (TPSA) is 57.4 Å². The molecule has 0 spiro atoms. The Bertz CT molecular complexity index is 640. The smallest absolute Gasteiger partial charge is 0.267 e. The molecule has 6 heteroatoms. The summed E-state index contributed by atoms with van der Waals surface area (Å²) in [6, 6.07) is 9.48. The van der Waals surface area contributed by atoms with E-state index in [2.05, 4.69) is 15.2 Å². The highest BCUT2D eigenvalue weighted by atomic mass is 35.5. The van der Waals surface area contributed by atoms with Gasteiger partial charge in [-0.1, -0.05) is 23.7 Å². The van der Waals surface area contributed by atoms with Crippen molar-refractivity contribution >= 4 is 17.5 Å². The lowest BCUT2D eigenvalue weighted by molar-refractivity contribution is 0.0937. The Morgan fingerprint density at radius 1 is 1.41 bits per heavy atom. The number of rotatable bonds is 6. The fourth-order valence-electron chi connectivity index (χ4n) is 2.23. The van der Waals surface area contributed by atoms with Gasteiger partial charge < -0.3 is 19.9 Å². The van der Waals surface area contributed by atoms with Crippen molar-refractivity contribution in [3.63, 3.8) is 0 Å². The van der Waals surface area contributed by atoms with Crippen molar-refractivity contribution in [1.82, 2.24) is 15.2 Å². The summed E-state index contributed by atoms with van der Waals surface area (Å²) in [6.07, 6.45) is 1.59. The molecule has 1 aromatic carbocycles. The number of benzene rings is 1. The zero-order chi connectivity index (χ0) is 16.1. The predicted octanol–water partition coefficient (Wildman–Crippen LogP) is 2.71. The second-order valence-corrected chi connectivity index (χ2v) is 5.63. The van der Waals surface area contributed by atoms with Gasteiger partial charge in [0.25, 0.3) is 5.91 Å². The van der Waals surface area contributed by atoms with Crippen LogP contribution in [0.2, 0.25) is 5.02 Å². The Morgan fingerprint density at radius 3 is 2.77 bits per heavy atom. The minimum absolute atomic E-state index is 0.0458. The normalized spacial score (nSPS) is 12.2. The number of H-pyrrole nitrogens is 1. The zero-order valence-electron chi connectivity index (χ0n) is 12.9. The van der Waals surface area contributed by atoms with E-state index in [-0.39, 0.29) is 11.9 Å². The SMILES string of the molecule is COc1cccc(C(CNC(=O)c2cc(Cl)c[nH]2)N(C)C)c1. The number of likely N-dealkylation sites (N-methyl/N-ethyl adjacent to an activating group) is 1. The molecule has 1 heterocycles. The number of carbonyl (C=O) groups is 1. The first-order valence-corrected chi connectivity index (χ1v) is 7.31. The molecule has 1 unspecified atom stereocenters. The van der Waals surface area contributed by atoms with Crippen LogP contribution < -0.4 is 10.1 Å². The van der Waals surface area contributed by atoms with Gasteiger partial charge in [-0.15, -0.1) is 0 Å². The highest BCUT2D eigenvalue weighted by Gasteiger charge is 2.17. The van der Waals surface area contributed by atoms with Crippen LogP contribution in [0.4, 0.5) is 0 Å². The Hall–Kier alpha value is -1.98. The predicted molar refractivity (Wildman–Crippen MR) is 87.6 cm³/mol. The molecular weight excluding hydrogens is 302 g/mol. The average Bonchev–Trinajstić information content (AvgIpc) is 2.94. The standard InChI is InChI=1S/C16H20ClN3O2/c1-20(2)15(11-5-4-6-13(7-11)22-3)10-19-16(21)14-8-12(17)9-18-14/h4-9,15,18H,10H2,1-3H3,(H,19,21). The third-order valence-corrected chi connectivity index (χ3v) is 3.67. The molecule has 0 aliphatic heterocycles. The Labute approximate surface area is 135 Å². The fraction of sp³-hybridized carbons (Fsp3) is 0.312. The number of halogens is 1. The second-order valence-electron chi connectivity index (χ2n) is 5.20. The van der Waals surface area contributed by atoms with E-state index in [0.717, 1.165) is 11.3 Å². The Morgan fingerprint density at radius 2 is 2.18 bits per heavy atom. The maximum atomic E-state index is 12.1. The minimum atomic E-state index is -0.179. The van der Waals surface area contributed by atoms with Crippen molar-refractivity contribution in [2.45, 2.75) is 6.04 Å². The number of methoxy groups -OCH3 is 1. The lowest BCUT2D eigenvalue weighted by Crippen LogP contribution is -2.34. The van der Waals surface area contributed by atoms with Crippen molar-refractivity contribution in [3.8, 4) is 5.75 Å². The number of hydrogen-bond acceptors (Lipinski definition) is 3. The quantitative estimate of drug-likeness (QED) is 0.860. The first kappa shape index (κ1) is 16.4. The zero-order valence-corrected chi connectivity index (χ0v) is 13.6. The van der Waals surface area contributed by atoms with E-state index in [1.165, 1.54) is 0 Å². The fourth-order valence-corrected chi connectivity index (χ4v) is 2.39. The van der Waals surface area contributed by atoms with Crippen LogP contribution in [0.1, 0.15) is 22.1 Å². The minimum Gasteiger partial charge on any atom is -0.497 e. The summed E-state index contributed by atoms with van der Waals surface area (Å²) >= 11 is 5.81. The van der Waals surface area contributed by atoms with Gasteiger partial charge in [0.05, 0.1) is 18.2 Å². The molecule has 0 aliphatic rings. The van der Waals surface area contributed by atoms with Crippen LogP contribution in [0.15, 0.2) is 36.5 Å². The van der Waals surface area contributed by atoms with Crippen molar-refractivity contribution in [1.29, 1.82) is 0 Å². The lowest BCUT2D eigenvalue weighted by atomic mass is 10.1. The maximum Gasteiger partial charge on any atom is 0.267 e. The van der Waals surface area contributed by atoms with Crippen molar-refractivity contribution in [3.05, 3.63) is 52.8 Å². The van der Waals surface area contributed by atoms with Crippen LogP contribution in [0.3, 0.4) is 0 Å². The van der Waals surface area contributed by atoms with Gasteiger partial charge in [-0.2, -0.15) is 0 Å². The lowest BCUT2D eigenvalue weighted by Gasteiger charge is -2.25. The molecule has 0 aliphatic carbocycles. The summed E-state index contributed by atoms with van der Waals surface area (Å²) in [6.45, 7) is 0.482. The summed E-state index contributed by atoms with van der Waals surface area (Å²) in [5, 5.41) is 3.43. The summed E-state index contributed by atoms with van der Waals surface area (Å²) < 4.78 is 5.26. The van der Waals surface area contributed by atoms with E-state index in [0.29, 0.717) is 17.3 Å². The van der Waals surface area contributed by atoms with Gasteiger partial charge >= 0.3 is 0 Å². The molecular formula is C16H20ClN3O2. The van der Waals surface area contributed by atoms with Crippen molar-refractivity contribution in [2.24, 2.45) is 0 Å². The van der Waals surface area contributed by atoms with Crippen molar-refractivity contribution in [2.75, 3.05) is 27.7 Å². The van der Waals surface area contributed by atoms with Crippen LogP contribution >= 0.6 is 11.6 Å². The number of nitrogens with zero attached hydrogens (tertiary/aromatic N) is 1. The van der Waals surface area contributed by atoms with Crippen LogP contribution in [-0.4, -0.2) is 43.5 Å². The Balaban J connectivity index is 2.07. The molecule has 118 valence electrons. The van der Waals surface area contributed by atoms with Crippen LogP contribution in [-0.2, 0) is 0 Å². The largest absolute Gasteiger partial charge is 0.497 e. The number of amides is 1. The highest BCUT2D eigenvalue weighted by Crippen LogP contribution is 2.22. The monoisotopic (exact) mass is 321 g/mol. The van der Waals surface area contributed by atoms with Crippen LogP contribution in [0.5, 0.6) is 5.75 Å². The van der Waals surface area contributed by atoms with Crippen molar-refractivity contribution < 1.29 is 9.53 Å². The molecule has 1 aromatic heterocycles. The van der Waals surface area contributed by atoms with Crippen LogP contribution in [0.25, 0.3) is 0 Å². The van der Waals surface area contributed by atoms with Gasteiger partial charge in [0.15, 0.2) is 0 Å². The van der Waals surface area contributed by atoms with E-state index < -0.39 is 0 Å². The average molecular weight is 322 g/mol. The highest BCUT2D eigenvalue weighted by molar-refractivity contribution is 6.30. The third-order valence-electron chi connectivity index (χ3n) is 3.45. The molecule has 2 aromatic rings. The van der Waals surface area contributed by atoms with Gasteiger partial charge in [-0.3, -0.25) is 4.79 Å². The van der Waals surface area contributed by atoms with E-state index in [9.17, 15) is 4.79 Å². The number of ether oxygens (including phenoxy) is 1. The van der Waals surface area contributed by atoms with E-state index >= 15 is 0 Å². The number of aromatic nitrogens is 1. The molecule has 2 rings (SSSR count). The molecule has 0 saturated heterocycles. The third kappa shape index (κ3) is 4.02. The number of hydrogen-bond donors (Lipinski definition) is 2. The molecule has 0 saturated carbocycles. The number of nitrogens with one attached hydrogen (secondary N) is 2. The molecule has 0 bridgehead atoms. The summed E-state index contributed by atoms with van der Waals surface area (Å²) in [4.78, 5) is 17.0. The molecule has 22 heavy (non-hydrogen) atoms. The second kappa shape index (κ2) is 7.33. The van der Waals surface area contributed by atoms with E-state index in [1.54, 1.807) is 19.4 Å². The molecule has 2 N–H and O–H groups in total. The summed E-state index contributed by atoms with van der Waals surface area (Å²) in [5.41, 5.74) is 1.53. The van der Waals surface area contributed by atoms with E-state index in [1.807, 2.05) is 38.4 Å². The van der Waals surface area contributed by atoms with Gasteiger partial charge in [-0.05, 0) is 37.9 Å². The Kier molecular flexibility index (Phi) is 5.46. The number of carbonyl (C=O) groups excluding carboxylic acids is 1. The molecule has 1 amide bonds. The molecule has 5 nitrogen and oxygen atoms in total. The maximum absolute atomic E-state index is 12.1. The van der Waals surface area contributed by atoms with Gasteiger partial charge in [-0.25, -0.2) is 0 Å². The van der Waals surface area contributed by atoms with E-state index in [4.69, 9.17) is 16.3 Å². The molecule has 1 atom stereocenters. The van der Waals surface area contributed by atoms with Gasteiger partial charge in [0.1, 0.15) is 11.4 Å². The van der Waals surface area contributed by atoms with Crippen LogP contribution in [0, 0.1) is 0 Å². The van der Waals surface area contributed by atoms with Gasteiger partial charge in [0.2, 0.25) is 0 Å². The first-order valence-electron chi connectivity index (χ1n) is 6.93. The molecule has 0 radical (unpaired) electrons. The van der Waals surface area contributed by atoms with Gasteiger partial charge in [0, 0.05) is 12.7 Å². The number of aromatic amines is 1.